The first-order valence-corrected chi connectivity index (χ1v) is 9.46. The summed E-state index contributed by atoms with van der Waals surface area (Å²) in [5.41, 5.74) is 2.75. The highest BCUT2D eigenvalue weighted by molar-refractivity contribution is 7.09. The van der Waals surface area contributed by atoms with Crippen molar-refractivity contribution in [2.24, 2.45) is 0 Å². The first-order chi connectivity index (χ1) is 11.9. The molecule has 24 heavy (non-hydrogen) atoms. The van der Waals surface area contributed by atoms with Gasteiger partial charge in [0.25, 0.3) is 0 Å². The van der Waals surface area contributed by atoms with Crippen molar-refractivity contribution in [3.05, 3.63) is 70.4 Å². The Hall–Kier alpha value is -1.98. The van der Waals surface area contributed by atoms with Crippen molar-refractivity contribution in [1.29, 1.82) is 0 Å². The van der Waals surface area contributed by atoms with E-state index in [1.165, 1.54) is 35.4 Å². The van der Waals surface area contributed by atoms with Crippen molar-refractivity contribution in [3.63, 3.8) is 0 Å². The number of aromatic nitrogens is 3. The predicted octanol–water partition coefficient (Wildman–Crippen LogP) is 4.12. The molecule has 0 amide bonds. The smallest absolute Gasteiger partial charge is 0.110 e. The third-order valence-electron chi connectivity index (χ3n) is 4.73. The van der Waals surface area contributed by atoms with Crippen LogP contribution in [0.25, 0.3) is 0 Å². The third kappa shape index (κ3) is 3.42. The van der Waals surface area contributed by atoms with E-state index in [0.717, 1.165) is 19.6 Å². The summed E-state index contributed by atoms with van der Waals surface area (Å²) in [6.45, 7) is 2.97. The fourth-order valence-electron chi connectivity index (χ4n) is 3.51. The topological polar surface area (TPSA) is 34.0 Å². The van der Waals surface area contributed by atoms with Gasteiger partial charge in [-0.15, -0.1) is 11.3 Å². The SMILES string of the molecule is c1ccc(Cn2cccn2)c(CN2CCCC[C@@H]2c2nccs2)c1. The minimum atomic E-state index is 0.469. The molecule has 3 aromatic rings. The lowest BCUT2D eigenvalue weighted by atomic mass is 10.00. The van der Waals surface area contributed by atoms with Crippen LogP contribution in [0.3, 0.4) is 0 Å². The summed E-state index contributed by atoms with van der Waals surface area (Å²) in [7, 11) is 0. The molecule has 0 N–H and O–H groups in total. The van der Waals surface area contributed by atoms with Crippen molar-refractivity contribution < 1.29 is 0 Å². The van der Waals surface area contributed by atoms with Crippen molar-refractivity contribution in [2.45, 2.75) is 38.4 Å². The van der Waals surface area contributed by atoms with Crippen LogP contribution in [-0.4, -0.2) is 26.2 Å². The van der Waals surface area contributed by atoms with Gasteiger partial charge in [0.05, 0.1) is 12.6 Å². The largest absolute Gasteiger partial charge is 0.290 e. The van der Waals surface area contributed by atoms with Gasteiger partial charge in [0.15, 0.2) is 0 Å². The Morgan fingerprint density at radius 1 is 1.04 bits per heavy atom. The van der Waals surface area contributed by atoms with Crippen LogP contribution in [0.5, 0.6) is 0 Å². The van der Waals surface area contributed by atoms with Gasteiger partial charge < -0.3 is 0 Å². The highest BCUT2D eigenvalue weighted by Crippen LogP contribution is 2.33. The molecule has 1 aromatic carbocycles. The van der Waals surface area contributed by atoms with Gasteiger partial charge in [-0.2, -0.15) is 5.10 Å². The van der Waals surface area contributed by atoms with Crippen molar-refractivity contribution in [2.75, 3.05) is 6.54 Å². The zero-order valence-electron chi connectivity index (χ0n) is 13.7. The number of rotatable bonds is 5. The van der Waals surface area contributed by atoms with E-state index < -0.39 is 0 Å². The van der Waals surface area contributed by atoms with Crippen molar-refractivity contribution >= 4 is 11.3 Å². The number of nitrogens with zero attached hydrogens (tertiary/aromatic N) is 4. The summed E-state index contributed by atoms with van der Waals surface area (Å²) in [6, 6.07) is 11.2. The maximum atomic E-state index is 4.58. The molecule has 0 bridgehead atoms. The average molecular weight is 338 g/mol. The van der Waals surface area contributed by atoms with Crippen LogP contribution in [0, 0.1) is 0 Å². The Balaban J connectivity index is 1.55. The zero-order valence-corrected chi connectivity index (χ0v) is 14.5. The Kier molecular flexibility index (Phi) is 4.71. The Bertz CT molecular complexity index is 752. The standard InChI is InChI=1S/C19H22N4S/c1-2-7-17(15-23-12-5-9-21-23)16(6-1)14-22-11-4-3-8-18(22)19-20-10-13-24-19/h1-2,5-7,9-10,12-13,18H,3-4,8,11,14-15H2/t18-/m1/s1. The van der Waals surface area contributed by atoms with Crippen LogP contribution in [0.1, 0.15) is 41.4 Å². The normalized spacial score (nSPS) is 18.8. The van der Waals surface area contributed by atoms with Crippen LogP contribution in [0.15, 0.2) is 54.3 Å². The molecule has 0 spiro atoms. The molecule has 4 rings (SSSR count). The van der Waals surface area contributed by atoms with E-state index in [2.05, 4.69) is 44.6 Å². The molecule has 0 unspecified atom stereocenters. The molecule has 0 aliphatic carbocycles. The zero-order chi connectivity index (χ0) is 16.2. The summed E-state index contributed by atoms with van der Waals surface area (Å²) in [5, 5.41) is 7.70. The molecule has 1 aliphatic heterocycles. The fourth-order valence-corrected chi connectivity index (χ4v) is 4.32. The quantitative estimate of drug-likeness (QED) is 0.702. The predicted molar refractivity (Wildman–Crippen MR) is 96.9 cm³/mol. The molecule has 1 aliphatic rings. The van der Waals surface area contributed by atoms with E-state index in [9.17, 15) is 0 Å². The lowest BCUT2D eigenvalue weighted by molar-refractivity contribution is 0.140. The number of thiazole rings is 1. The summed E-state index contributed by atoms with van der Waals surface area (Å²) >= 11 is 1.78. The second-order valence-electron chi connectivity index (χ2n) is 6.32. The second kappa shape index (κ2) is 7.28. The maximum absolute atomic E-state index is 4.58. The number of benzene rings is 1. The van der Waals surface area contributed by atoms with Crippen LogP contribution < -0.4 is 0 Å². The van der Waals surface area contributed by atoms with E-state index in [1.54, 1.807) is 11.3 Å². The van der Waals surface area contributed by atoms with Crippen molar-refractivity contribution in [1.82, 2.24) is 19.7 Å². The molecule has 5 heteroatoms. The number of piperidine rings is 1. The lowest BCUT2D eigenvalue weighted by Gasteiger charge is -2.35. The highest BCUT2D eigenvalue weighted by Gasteiger charge is 2.26. The number of hydrogen-bond acceptors (Lipinski definition) is 4. The van der Waals surface area contributed by atoms with E-state index in [0.29, 0.717) is 6.04 Å². The summed E-state index contributed by atoms with van der Waals surface area (Å²) < 4.78 is 1.99. The van der Waals surface area contributed by atoms with Crippen LogP contribution in [0.4, 0.5) is 0 Å². The second-order valence-corrected chi connectivity index (χ2v) is 7.25. The Morgan fingerprint density at radius 2 is 1.92 bits per heavy atom. The summed E-state index contributed by atoms with van der Waals surface area (Å²) in [4.78, 5) is 7.18. The number of hydrogen-bond donors (Lipinski definition) is 0. The summed E-state index contributed by atoms with van der Waals surface area (Å²) in [5.74, 6) is 0. The van der Waals surface area contributed by atoms with E-state index in [1.807, 2.05) is 29.3 Å². The minimum Gasteiger partial charge on any atom is -0.290 e. The monoisotopic (exact) mass is 338 g/mol. The molecule has 3 heterocycles. The van der Waals surface area contributed by atoms with Gasteiger partial charge >= 0.3 is 0 Å². The molecule has 1 fully saturated rings. The molecule has 124 valence electrons. The Labute approximate surface area is 146 Å². The van der Waals surface area contributed by atoms with Gasteiger partial charge in [-0.05, 0) is 36.6 Å². The average Bonchev–Trinajstić information content (AvgIpc) is 3.31. The van der Waals surface area contributed by atoms with Crippen molar-refractivity contribution in [3.8, 4) is 0 Å². The Morgan fingerprint density at radius 3 is 2.67 bits per heavy atom. The molecular formula is C19H22N4S. The molecule has 1 atom stereocenters. The molecule has 0 radical (unpaired) electrons. The molecule has 1 saturated heterocycles. The van der Waals surface area contributed by atoms with Gasteiger partial charge in [-0.25, -0.2) is 4.98 Å². The summed E-state index contributed by atoms with van der Waals surface area (Å²) in [6.07, 6.45) is 9.59. The first-order valence-electron chi connectivity index (χ1n) is 8.58. The van der Waals surface area contributed by atoms with Gasteiger partial charge in [-0.3, -0.25) is 9.58 Å². The lowest BCUT2D eigenvalue weighted by Crippen LogP contribution is -2.33. The number of likely N-dealkylation sites (tertiary alicyclic amines) is 1. The molecule has 4 nitrogen and oxygen atoms in total. The maximum Gasteiger partial charge on any atom is 0.110 e. The van der Waals surface area contributed by atoms with E-state index >= 15 is 0 Å². The van der Waals surface area contributed by atoms with Crippen LogP contribution >= 0.6 is 11.3 Å². The van der Waals surface area contributed by atoms with Gasteiger partial charge in [0, 0.05) is 30.5 Å². The molecule has 0 saturated carbocycles. The fraction of sp³-hybridized carbons (Fsp3) is 0.368. The van der Waals surface area contributed by atoms with Crippen LogP contribution in [0.2, 0.25) is 0 Å². The molecule has 2 aromatic heterocycles. The highest BCUT2D eigenvalue weighted by atomic mass is 32.1. The minimum absolute atomic E-state index is 0.469. The first kappa shape index (κ1) is 15.5. The van der Waals surface area contributed by atoms with E-state index in [-0.39, 0.29) is 0 Å². The van der Waals surface area contributed by atoms with Gasteiger partial charge in [0.2, 0.25) is 0 Å². The van der Waals surface area contributed by atoms with Crippen LogP contribution in [-0.2, 0) is 13.1 Å². The van der Waals surface area contributed by atoms with E-state index in [4.69, 9.17) is 0 Å². The van der Waals surface area contributed by atoms with Gasteiger partial charge in [-0.1, -0.05) is 30.7 Å². The molecular weight excluding hydrogens is 316 g/mol. The third-order valence-corrected chi connectivity index (χ3v) is 5.61. The van der Waals surface area contributed by atoms with Gasteiger partial charge in [0.1, 0.15) is 5.01 Å².